The standard InChI is InChI=1S/C19H12ClF4N3O3.C13H24N4O2.C2H4O2/c1-27-13(11-4-5-14(30-19(23)24)16(22)15(11)21)7-25-17(27)18(29)26-10-3-2-9(8-28)12(20)6-10;1-15-4-6-16(7-5-15)13(19)11-3-8-17(2,9-11)10-12(14)18;1-4-2-3/h2-8,19H,1H3,(H,26,29);11H,3-10H2,1-2H3,(H-,14,18);2H,1H3/p+1. The van der Waals surface area contributed by atoms with Crippen molar-refractivity contribution in [2.45, 2.75) is 13.0 Å². The van der Waals surface area contributed by atoms with Crippen molar-refractivity contribution in [3.63, 3.8) is 0 Å². The van der Waals surface area contributed by atoms with Gasteiger partial charge in [0.2, 0.25) is 11.7 Å². The first-order valence-corrected chi connectivity index (χ1v) is 16.5. The molecular formula is C34H41ClF4N7O7+. The number of aldehydes is 1. The van der Waals surface area contributed by atoms with Crippen LogP contribution >= 0.6 is 11.6 Å². The molecule has 1 aromatic heterocycles. The normalized spacial score (nSPS) is 18.2. The number of carbonyl (C=O) groups excluding carboxylic acids is 5. The molecule has 3 aromatic rings. The molecule has 288 valence electrons. The molecule has 2 aliphatic rings. The lowest BCUT2D eigenvalue weighted by Gasteiger charge is -2.34. The number of primary amides is 1. The zero-order chi connectivity index (χ0) is 39.5. The molecular weight excluding hydrogens is 730 g/mol. The van der Waals surface area contributed by atoms with Crippen LogP contribution < -0.4 is 15.8 Å². The van der Waals surface area contributed by atoms with Gasteiger partial charge in [-0.3, -0.25) is 24.0 Å². The van der Waals surface area contributed by atoms with E-state index in [0.717, 1.165) is 64.0 Å². The summed E-state index contributed by atoms with van der Waals surface area (Å²) < 4.78 is 62.5. The maximum Gasteiger partial charge on any atom is 0.387 e. The molecule has 0 aliphatic carbocycles. The minimum absolute atomic E-state index is 0.0227. The Balaban J connectivity index is 0.000000281. The summed E-state index contributed by atoms with van der Waals surface area (Å²) in [6, 6.07) is 6.12. The number of likely N-dealkylation sites (N-methyl/N-ethyl adjacent to an activating group) is 2. The molecule has 0 radical (unpaired) electrons. The maximum atomic E-state index is 14.4. The molecule has 3 amide bonds. The van der Waals surface area contributed by atoms with E-state index in [4.69, 9.17) is 22.1 Å². The number of hydrogen-bond acceptors (Lipinski definition) is 9. The van der Waals surface area contributed by atoms with Crippen molar-refractivity contribution in [2.75, 3.05) is 72.3 Å². The highest BCUT2D eigenvalue weighted by Gasteiger charge is 2.41. The average Bonchev–Trinajstić information content (AvgIpc) is 3.69. The Hall–Kier alpha value is -5.07. The number of rotatable bonds is 10. The molecule has 3 heterocycles. The Morgan fingerprint density at radius 2 is 1.75 bits per heavy atom. The number of likely N-dealkylation sites (tertiary alicyclic amines) is 1. The van der Waals surface area contributed by atoms with Crippen LogP contribution in [0.4, 0.5) is 23.2 Å². The number of methoxy groups -OCH3 is 1. The van der Waals surface area contributed by atoms with E-state index in [-0.39, 0.29) is 51.1 Å². The Kier molecular flexibility index (Phi) is 15.3. The lowest BCUT2D eigenvalue weighted by atomic mass is 10.1. The largest absolute Gasteiger partial charge is 0.471 e. The molecule has 3 N–H and O–H groups in total. The van der Waals surface area contributed by atoms with Gasteiger partial charge in [-0.05, 0) is 37.4 Å². The second-order valence-corrected chi connectivity index (χ2v) is 13.0. The molecule has 19 heteroatoms. The van der Waals surface area contributed by atoms with Gasteiger partial charge in [-0.2, -0.15) is 13.2 Å². The van der Waals surface area contributed by atoms with Gasteiger partial charge in [0, 0.05) is 56.5 Å². The summed E-state index contributed by atoms with van der Waals surface area (Å²) in [7, 11) is 6.80. The van der Waals surface area contributed by atoms with Crippen LogP contribution in [0.15, 0.2) is 36.5 Å². The van der Waals surface area contributed by atoms with Crippen LogP contribution in [0.5, 0.6) is 5.75 Å². The zero-order valence-corrected chi connectivity index (χ0v) is 30.2. The Bertz CT molecular complexity index is 1790. The number of nitrogens with one attached hydrogen (secondary N) is 1. The Morgan fingerprint density at radius 3 is 2.32 bits per heavy atom. The van der Waals surface area contributed by atoms with Crippen LogP contribution in [0.1, 0.15) is 27.4 Å². The molecule has 53 heavy (non-hydrogen) atoms. The fourth-order valence-electron chi connectivity index (χ4n) is 5.86. The number of hydrogen-bond donors (Lipinski definition) is 2. The fraction of sp³-hybridized carbons (Fsp3) is 0.412. The summed E-state index contributed by atoms with van der Waals surface area (Å²) in [5, 5.41) is 2.65. The maximum absolute atomic E-state index is 14.4. The van der Waals surface area contributed by atoms with Gasteiger partial charge in [-0.15, -0.1) is 0 Å². The molecule has 2 aliphatic heterocycles. The van der Waals surface area contributed by atoms with Gasteiger partial charge in [0.15, 0.2) is 30.2 Å². The SMILES string of the molecule is CN1CCN(C(=O)C2CC[N+](C)(CC(N)=O)C2)CC1.COC=O.Cn1c(-c2ccc(OC(F)F)c(F)c2F)cnc1C(=O)Nc1ccc(C=O)c(Cl)c1. The predicted octanol–water partition coefficient (Wildman–Crippen LogP) is 3.19. The lowest BCUT2D eigenvalue weighted by molar-refractivity contribution is -0.890. The van der Waals surface area contributed by atoms with Crippen molar-refractivity contribution >= 4 is 47.8 Å². The summed E-state index contributed by atoms with van der Waals surface area (Å²) in [6.07, 6.45) is 2.56. The number of benzene rings is 2. The van der Waals surface area contributed by atoms with E-state index < -0.39 is 29.9 Å². The molecule has 2 atom stereocenters. The van der Waals surface area contributed by atoms with Crippen LogP contribution in [0.25, 0.3) is 11.3 Å². The van der Waals surface area contributed by atoms with Crippen LogP contribution in [-0.4, -0.2) is 128 Å². The smallest absolute Gasteiger partial charge is 0.387 e. The highest BCUT2D eigenvalue weighted by atomic mass is 35.5. The van der Waals surface area contributed by atoms with Gasteiger partial charge >= 0.3 is 6.61 Å². The number of halogens is 5. The average molecular weight is 771 g/mol. The quantitative estimate of drug-likeness (QED) is 0.179. The van der Waals surface area contributed by atoms with Crippen molar-refractivity contribution in [1.82, 2.24) is 19.4 Å². The van der Waals surface area contributed by atoms with Crippen LogP contribution in [-0.2, 0) is 26.2 Å². The molecule has 2 unspecified atom stereocenters. The molecule has 0 spiro atoms. The number of imidazole rings is 1. The third kappa shape index (κ3) is 11.5. The minimum atomic E-state index is -3.31. The van der Waals surface area contributed by atoms with Gasteiger partial charge in [0.05, 0.1) is 50.1 Å². The van der Waals surface area contributed by atoms with Crippen molar-refractivity contribution in [1.29, 1.82) is 0 Å². The van der Waals surface area contributed by atoms with E-state index in [0.29, 0.717) is 23.8 Å². The van der Waals surface area contributed by atoms with E-state index in [1.54, 1.807) is 0 Å². The summed E-state index contributed by atoms with van der Waals surface area (Å²) in [5.74, 6) is -4.75. The molecule has 14 nitrogen and oxygen atoms in total. The highest BCUT2D eigenvalue weighted by Crippen LogP contribution is 2.31. The molecule has 2 saturated heterocycles. The summed E-state index contributed by atoms with van der Waals surface area (Å²) in [5.41, 5.74) is 5.52. The van der Waals surface area contributed by atoms with Crippen LogP contribution in [0.3, 0.4) is 0 Å². The highest BCUT2D eigenvalue weighted by molar-refractivity contribution is 6.33. The number of aromatic nitrogens is 2. The lowest BCUT2D eigenvalue weighted by Crippen LogP contribution is -2.51. The number of amides is 3. The Labute approximate surface area is 307 Å². The second-order valence-electron chi connectivity index (χ2n) is 12.5. The van der Waals surface area contributed by atoms with E-state index >= 15 is 0 Å². The van der Waals surface area contributed by atoms with Gasteiger partial charge in [0.25, 0.3) is 18.3 Å². The van der Waals surface area contributed by atoms with E-state index in [1.165, 1.54) is 36.9 Å². The van der Waals surface area contributed by atoms with Crippen LogP contribution in [0.2, 0.25) is 5.02 Å². The number of alkyl halides is 2. The first kappa shape index (κ1) is 42.3. The summed E-state index contributed by atoms with van der Waals surface area (Å²) >= 11 is 5.91. The number of anilines is 1. The molecule has 5 rings (SSSR count). The van der Waals surface area contributed by atoms with Crippen molar-refractivity contribution in [2.24, 2.45) is 18.7 Å². The van der Waals surface area contributed by atoms with Crippen molar-refractivity contribution in [3.8, 4) is 17.0 Å². The van der Waals surface area contributed by atoms with E-state index in [1.807, 2.05) is 11.9 Å². The fourth-order valence-corrected chi connectivity index (χ4v) is 6.09. The number of ether oxygens (including phenoxy) is 2. The first-order valence-electron chi connectivity index (χ1n) is 16.1. The van der Waals surface area contributed by atoms with Crippen molar-refractivity contribution in [3.05, 3.63) is 64.6 Å². The number of piperazine rings is 1. The predicted molar refractivity (Wildman–Crippen MR) is 185 cm³/mol. The first-order chi connectivity index (χ1) is 25.0. The minimum Gasteiger partial charge on any atom is -0.471 e. The van der Waals surface area contributed by atoms with Gasteiger partial charge in [0.1, 0.15) is 0 Å². The van der Waals surface area contributed by atoms with Crippen LogP contribution in [0, 0.1) is 17.6 Å². The number of carbonyl (C=O) groups is 5. The number of nitrogens with zero attached hydrogens (tertiary/aromatic N) is 5. The number of nitrogens with two attached hydrogens (primary N) is 1. The summed E-state index contributed by atoms with van der Waals surface area (Å²) in [4.78, 5) is 63.9. The molecule has 0 saturated carbocycles. The van der Waals surface area contributed by atoms with Crippen molar-refractivity contribution < 1.29 is 55.5 Å². The molecule has 2 fully saturated rings. The van der Waals surface area contributed by atoms with E-state index in [9.17, 15) is 36.7 Å². The summed E-state index contributed by atoms with van der Waals surface area (Å²) in [6.45, 7) is 2.56. The second kappa shape index (κ2) is 19.1. The Morgan fingerprint density at radius 1 is 1.09 bits per heavy atom. The van der Waals surface area contributed by atoms with Gasteiger partial charge in [-0.1, -0.05) is 11.6 Å². The molecule has 2 aromatic carbocycles. The topological polar surface area (TPSA) is 166 Å². The number of quaternary nitrogens is 1. The van der Waals surface area contributed by atoms with E-state index in [2.05, 4.69) is 31.7 Å². The zero-order valence-electron chi connectivity index (χ0n) is 29.5. The van der Waals surface area contributed by atoms with Gasteiger partial charge < -0.3 is 39.4 Å². The third-order valence-electron chi connectivity index (χ3n) is 8.59. The third-order valence-corrected chi connectivity index (χ3v) is 8.92. The molecule has 0 bridgehead atoms. The monoisotopic (exact) mass is 770 g/mol. The van der Waals surface area contributed by atoms with Gasteiger partial charge in [-0.25, -0.2) is 9.37 Å².